The van der Waals surface area contributed by atoms with Gasteiger partial charge in [-0.25, -0.2) is 0 Å². The maximum Gasteiger partial charge on any atom is 0.272 e. The van der Waals surface area contributed by atoms with Crippen molar-refractivity contribution in [3.8, 4) is 5.75 Å². The molecule has 2 rings (SSSR count). The van der Waals surface area contributed by atoms with Crippen molar-refractivity contribution in [1.82, 2.24) is 0 Å². The number of nitrogens with zero attached hydrogens (tertiary/aromatic N) is 1. The topological polar surface area (TPSA) is 78.7 Å². The number of nitro groups is 1. The zero-order chi connectivity index (χ0) is 13.8. The van der Waals surface area contributed by atoms with E-state index in [1.165, 1.54) is 12.1 Å². The molecular formula is C13H15NO5. The highest BCUT2D eigenvalue weighted by atomic mass is 16.6. The second kappa shape index (κ2) is 5.79. The number of carbonyl (C=O) groups excluding carboxylic acids is 1. The largest absolute Gasteiger partial charge is 0.486 e. The average molecular weight is 265 g/mol. The fraction of sp³-hybridized carbons (Fsp3) is 0.462. The Kier molecular flexibility index (Phi) is 4.11. The van der Waals surface area contributed by atoms with Crippen molar-refractivity contribution >= 4 is 11.5 Å². The molecule has 102 valence electrons. The summed E-state index contributed by atoms with van der Waals surface area (Å²) in [5, 5.41) is 10.7. The van der Waals surface area contributed by atoms with E-state index in [9.17, 15) is 14.9 Å². The standard InChI is InChI=1S/C13H15NO5/c1-9-6-11(2-3-12(9)14(16)17)19-8-13(15)10-4-5-18-7-10/h2-3,6,10H,4-5,7-8H2,1H3. The van der Waals surface area contributed by atoms with Crippen molar-refractivity contribution in [2.24, 2.45) is 5.92 Å². The molecule has 1 atom stereocenters. The molecule has 0 N–H and O–H groups in total. The highest BCUT2D eigenvalue weighted by Gasteiger charge is 2.23. The average Bonchev–Trinajstić information content (AvgIpc) is 2.89. The molecule has 0 bridgehead atoms. The minimum absolute atomic E-state index is 0.00788. The van der Waals surface area contributed by atoms with Crippen LogP contribution < -0.4 is 4.74 Å². The normalized spacial score (nSPS) is 18.3. The van der Waals surface area contributed by atoms with E-state index in [0.717, 1.165) is 6.42 Å². The molecule has 6 nitrogen and oxygen atoms in total. The maximum absolute atomic E-state index is 11.8. The van der Waals surface area contributed by atoms with Crippen LogP contribution in [0.1, 0.15) is 12.0 Å². The van der Waals surface area contributed by atoms with Gasteiger partial charge in [0, 0.05) is 24.2 Å². The predicted octanol–water partition coefficient (Wildman–Crippen LogP) is 1.89. The summed E-state index contributed by atoms with van der Waals surface area (Å²) in [6.45, 7) is 2.69. The van der Waals surface area contributed by atoms with E-state index in [-0.39, 0.29) is 24.0 Å². The van der Waals surface area contributed by atoms with Crippen LogP contribution >= 0.6 is 0 Å². The number of benzene rings is 1. The molecule has 1 aromatic rings. The van der Waals surface area contributed by atoms with Gasteiger partial charge in [-0.1, -0.05) is 0 Å². The first kappa shape index (κ1) is 13.5. The van der Waals surface area contributed by atoms with Crippen LogP contribution in [0.25, 0.3) is 0 Å². The molecule has 0 amide bonds. The summed E-state index contributed by atoms with van der Waals surface area (Å²) in [6, 6.07) is 4.45. The molecule has 0 saturated carbocycles. The zero-order valence-corrected chi connectivity index (χ0v) is 10.6. The van der Waals surface area contributed by atoms with Gasteiger partial charge in [-0.15, -0.1) is 0 Å². The van der Waals surface area contributed by atoms with Crippen LogP contribution in [0, 0.1) is 23.0 Å². The Morgan fingerprint density at radius 1 is 1.58 bits per heavy atom. The summed E-state index contributed by atoms with van der Waals surface area (Å²) in [5.74, 6) is 0.392. The van der Waals surface area contributed by atoms with Crippen molar-refractivity contribution in [2.75, 3.05) is 19.8 Å². The summed E-state index contributed by atoms with van der Waals surface area (Å²) in [7, 11) is 0. The monoisotopic (exact) mass is 265 g/mol. The minimum Gasteiger partial charge on any atom is -0.486 e. The fourth-order valence-corrected chi connectivity index (χ4v) is 1.98. The van der Waals surface area contributed by atoms with Gasteiger partial charge < -0.3 is 9.47 Å². The van der Waals surface area contributed by atoms with Gasteiger partial charge in [-0.05, 0) is 25.5 Å². The van der Waals surface area contributed by atoms with Crippen LogP contribution in [0.2, 0.25) is 0 Å². The van der Waals surface area contributed by atoms with E-state index in [1.54, 1.807) is 13.0 Å². The van der Waals surface area contributed by atoms with Crippen molar-refractivity contribution < 1.29 is 19.2 Å². The van der Waals surface area contributed by atoms with E-state index in [0.29, 0.717) is 24.5 Å². The van der Waals surface area contributed by atoms with E-state index in [4.69, 9.17) is 9.47 Å². The number of carbonyl (C=O) groups is 1. The molecule has 0 aromatic heterocycles. The van der Waals surface area contributed by atoms with Crippen molar-refractivity contribution in [3.63, 3.8) is 0 Å². The molecule has 1 aliphatic heterocycles. The SMILES string of the molecule is Cc1cc(OCC(=O)C2CCOC2)ccc1[N+](=O)[O-]. The van der Waals surface area contributed by atoms with E-state index in [1.807, 2.05) is 0 Å². The van der Waals surface area contributed by atoms with Crippen LogP contribution in [0.3, 0.4) is 0 Å². The van der Waals surface area contributed by atoms with E-state index < -0.39 is 4.92 Å². The van der Waals surface area contributed by atoms with Gasteiger partial charge in [0.25, 0.3) is 5.69 Å². The number of hydrogen-bond donors (Lipinski definition) is 0. The van der Waals surface area contributed by atoms with E-state index in [2.05, 4.69) is 0 Å². The number of rotatable bonds is 5. The Bertz CT molecular complexity index is 494. The van der Waals surface area contributed by atoms with Gasteiger partial charge >= 0.3 is 0 Å². The Hall–Kier alpha value is -1.95. The first-order valence-electron chi connectivity index (χ1n) is 6.06. The quantitative estimate of drug-likeness (QED) is 0.600. The van der Waals surface area contributed by atoms with Gasteiger partial charge in [0.1, 0.15) is 12.4 Å². The molecule has 1 aliphatic rings. The lowest BCUT2D eigenvalue weighted by Crippen LogP contribution is -2.21. The highest BCUT2D eigenvalue weighted by molar-refractivity contribution is 5.82. The Morgan fingerprint density at radius 3 is 2.95 bits per heavy atom. The molecule has 6 heteroatoms. The smallest absolute Gasteiger partial charge is 0.272 e. The second-order valence-electron chi connectivity index (χ2n) is 4.52. The summed E-state index contributed by atoms with van der Waals surface area (Å²) < 4.78 is 10.5. The molecule has 1 saturated heterocycles. The van der Waals surface area contributed by atoms with Crippen LogP contribution in [0.5, 0.6) is 5.75 Å². The third-order valence-electron chi connectivity index (χ3n) is 3.13. The summed E-state index contributed by atoms with van der Waals surface area (Å²) in [4.78, 5) is 22.0. The van der Waals surface area contributed by atoms with E-state index >= 15 is 0 Å². The lowest BCUT2D eigenvalue weighted by Gasteiger charge is -2.09. The number of ketones is 1. The molecule has 0 aliphatic carbocycles. The minimum atomic E-state index is -0.444. The van der Waals surface area contributed by atoms with Crippen molar-refractivity contribution in [1.29, 1.82) is 0 Å². The number of nitro benzene ring substituents is 1. The second-order valence-corrected chi connectivity index (χ2v) is 4.52. The number of ether oxygens (including phenoxy) is 2. The highest BCUT2D eigenvalue weighted by Crippen LogP contribution is 2.23. The molecular weight excluding hydrogens is 250 g/mol. The third kappa shape index (κ3) is 3.29. The maximum atomic E-state index is 11.8. The lowest BCUT2D eigenvalue weighted by atomic mass is 10.0. The van der Waals surface area contributed by atoms with Gasteiger partial charge in [0.15, 0.2) is 5.78 Å². The fourth-order valence-electron chi connectivity index (χ4n) is 1.98. The molecule has 1 fully saturated rings. The predicted molar refractivity (Wildman–Crippen MR) is 67.3 cm³/mol. The summed E-state index contributed by atoms with van der Waals surface area (Å²) in [5.41, 5.74) is 0.557. The molecule has 0 radical (unpaired) electrons. The molecule has 1 heterocycles. The Balaban J connectivity index is 1.94. The number of hydrogen-bond acceptors (Lipinski definition) is 5. The lowest BCUT2D eigenvalue weighted by molar-refractivity contribution is -0.385. The van der Waals surface area contributed by atoms with Gasteiger partial charge in [0.2, 0.25) is 0 Å². The van der Waals surface area contributed by atoms with Crippen LogP contribution in [-0.4, -0.2) is 30.5 Å². The van der Waals surface area contributed by atoms with Crippen LogP contribution in [0.15, 0.2) is 18.2 Å². The third-order valence-corrected chi connectivity index (χ3v) is 3.13. The van der Waals surface area contributed by atoms with Crippen LogP contribution in [0.4, 0.5) is 5.69 Å². The van der Waals surface area contributed by atoms with Gasteiger partial charge in [-0.3, -0.25) is 14.9 Å². The Labute approximate surface area is 110 Å². The molecule has 1 aromatic carbocycles. The molecule has 1 unspecified atom stereocenters. The zero-order valence-electron chi connectivity index (χ0n) is 10.6. The molecule has 19 heavy (non-hydrogen) atoms. The van der Waals surface area contributed by atoms with Crippen molar-refractivity contribution in [3.05, 3.63) is 33.9 Å². The first-order valence-corrected chi connectivity index (χ1v) is 6.06. The molecule has 0 spiro atoms. The summed E-state index contributed by atoms with van der Waals surface area (Å²) in [6.07, 6.45) is 0.738. The van der Waals surface area contributed by atoms with Gasteiger partial charge in [0.05, 0.1) is 11.5 Å². The number of aryl methyl sites for hydroxylation is 1. The van der Waals surface area contributed by atoms with Crippen LogP contribution in [-0.2, 0) is 9.53 Å². The first-order chi connectivity index (χ1) is 9.08. The van der Waals surface area contributed by atoms with Gasteiger partial charge in [-0.2, -0.15) is 0 Å². The van der Waals surface area contributed by atoms with Crippen molar-refractivity contribution in [2.45, 2.75) is 13.3 Å². The number of Topliss-reactive ketones (excluding diaryl/α,β-unsaturated/α-hetero) is 1. The Morgan fingerprint density at radius 2 is 2.37 bits per heavy atom. The summed E-state index contributed by atoms with van der Waals surface area (Å²) >= 11 is 0.